The van der Waals surface area contributed by atoms with Gasteiger partial charge in [-0.2, -0.15) is 0 Å². The van der Waals surface area contributed by atoms with Crippen LogP contribution in [0.4, 0.5) is 0 Å². The molecule has 11 heavy (non-hydrogen) atoms. The van der Waals surface area contributed by atoms with Crippen molar-refractivity contribution in [3.05, 3.63) is 11.6 Å². The van der Waals surface area contributed by atoms with Crippen LogP contribution in [-0.4, -0.2) is 12.8 Å². The summed E-state index contributed by atoms with van der Waals surface area (Å²) in [5.41, 5.74) is 1.45. The minimum atomic E-state index is 0.192. The van der Waals surface area contributed by atoms with E-state index in [1.165, 1.54) is 5.57 Å². The highest BCUT2D eigenvalue weighted by molar-refractivity contribution is 5.79. The Morgan fingerprint density at radius 1 is 1.45 bits per heavy atom. The molecule has 62 valence electrons. The zero-order chi connectivity index (χ0) is 8.32. The first-order chi connectivity index (χ1) is 5.11. The van der Waals surface area contributed by atoms with E-state index >= 15 is 0 Å². The van der Waals surface area contributed by atoms with E-state index < -0.39 is 0 Å². The Hall–Kier alpha value is -0.790. The fourth-order valence-electron chi connectivity index (χ4n) is 0.966. The number of oxime groups is 1. The van der Waals surface area contributed by atoms with Crippen LogP contribution in [0.1, 0.15) is 27.2 Å². The molecule has 1 rings (SSSR count). The Morgan fingerprint density at radius 2 is 2.18 bits per heavy atom. The molecule has 0 bridgehead atoms. The van der Waals surface area contributed by atoms with E-state index in [-0.39, 0.29) is 5.41 Å². The predicted octanol–water partition coefficient (Wildman–Crippen LogP) is 2.37. The zero-order valence-corrected chi connectivity index (χ0v) is 7.42. The number of hydrogen-bond acceptors (Lipinski definition) is 2. The third-order valence-electron chi connectivity index (χ3n) is 1.71. The standard InChI is InChI=1S/C9H15NO/c1-9(2,3)8-5-4-6-11-10-7-8/h5,7H,4,6H2,1-3H3. The Balaban J connectivity index is 2.75. The second kappa shape index (κ2) is 3.07. The topological polar surface area (TPSA) is 21.6 Å². The molecule has 0 aromatic heterocycles. The summed E-state index contributed by atoms with van der Waals surface area (Å²) in [6.07, 6.45) is 4.97. The first-order valence-corrected chi connectivity index (χ1v) is 3.97. The lowest BCUT2D eigenvalue weighted by atomic mass is 9.86. The van der Waals surface area contributed by atoms with Crippen molar-refractivity contribution < 1.29 is 4.84 Å². The molecule has 2 nitrogen and oxygen atoms in total. The first kappa shape index (κ1) is 8.31. The lowest BCUT2D eigenvalue weighted by Gasteiger charge is -2.18. The van der Waals surface area contributed by atoms with Gasteiger partial charge in [-0.25, -0.2) is 0 Å². The highest BCUT2D eigenvalue weighted by Gasteiger charge is 2.15. The quantitative estimate of drug-likeness (QED) is 0.523. The molecule has 1 heterocycles. The van der Waals surface area contributed by atoms with Crippen molar-refractivity contribution in [2.45, 2.75) is 27.2 Å². The SMILES string of the molecule is CC(C)(C)C1=CCCON=C1. The van der Waals surface area contributed by atoms with E-state index in [4.69, 9.17) is 4.84 Å². The fraction of sp³-hybridized carbons (Fsp3) is 0.667. The summed E-state index contributed by atoms with van der Waals surface area (Å²) >= 11 is 0. The van der Waals surface area contributed by atoms with Gasteiger partial charge in [0.2, 0.25) is 0 Å². The maximum Gasteiger partial charge on any atom is 0.120 e. The largest absolute Gasteiger partial charge is 0.395 e. The van der Waals surface area contributed by atoms with Gasteiger partial charge >= 0.3 is 0 Å². The van der Waals surface area contributed by atoms with E-state index in [1.54, 1.807) is 0 Å². The van der Waals surface area contributed by atoms with Gasteiger partial charge in [-0.3, -0.25) is 0 Å². The number of hydrogen-bond donors (Lipinski definition) is 0. The van der Waals surface area contributed by atoms with E-state index in [9.17, 15) is 0 Å². The smallest absolute Gasteiger partial charge is 0.120 e. The Kier molecular flexibility index (Phi) is 2.32. The van der Waals surface area contributed by atoms with Crippen molar-refractivity contribution in [3.8, 4) is 0 Å². The first-order valence-electron chi connectivity index (χ1n) is 3.97. The van der Waals surface area contributed by atoms with Gasteiger partial charge in [0, 0.05) is 6.42 Å². The maximum absolute atomic E-state index is 4.94. The number of allylic oxidation sites excluding steroid dienone is 1. The van der Waals surface area contributed by atoms with Crippen LogP contribution in [0, 0.1) is 5.41 Å². The molecular weight excluding hydrogens is 138 g/mol. The molecule has 0 spiro atoms. The molecule has 0 aliphatic carbocycles. The molecule has 1 aliphatic rings. The van der Waals surface area contributed by atoms with Crippen LogP contribution >= 0.6 is 0 Å². The lowest BCUT2D eigenvalue weighted by molar-refractivity contribution is 0.152. The summed E-state index contributed by atoms with van der Waals surface area (Å²) in [6, 6.07) is 0. The van der Waals surface area contributed by atoms with Gasteiger partial charge < -0.3 is 4.84 Å². The minimum Gasteiger partial charge on any atom is -0.395 e. The number of rotatable bonds is 0. The van der Waals surface area contributed by atoms with Crippen molar-refractivity contribution in [1.82, 2.24) is 0 Å². The average molecular weight is 153 g/mol. The van der Waals surface area contributed by atoms with Gasteiger partial charge in [-0.1, -0.05) is 32.0 Å². The molecule has 0 saturated heterocycles. The van der Waals surface area contributed by atoms with Gasteiger partial charge in [0.15, 0.2) is 0 Å². The highest BCUT2D eigenvalue weighted by Crippen LogP contribution is 2.24. The molecule has 1 aliphatic heterocycles. The van der Waals surface area contributed by atoms with Crippen LogP contribution in [-0.2, 0) is 4.84 Å². The monoisotopic (exact) mass is 153 g/mol. The van der Waals surface area contributed by atoms with Crippen molar-refractivity contribution >= 4 is 6.21 Å². The molecule has 0 saturated carbocycles. The van der Waals surface area contributed by atoms with Crippen molar-refractivity contribution in [1.29, 1.82) is 0 Å². The summed E-state index contributed by atoms with van der Waals surface area (Å²) in [4.78, 5) is 4.94. The summed E-state index contributed by atoms with van der Waals surface area (Å²) < 4.78 is 0. The zero-order valence-electron chi connectivity index (χ0n) is 7.42. The van der Waals surface area contributed by atoms with E-state index in [2.05, 4.69) is 32.0 Å². The second-order valence-electron chi connectivity index (χ2n) is 3.77. The van der Waals surface area contributed by atoms with Crippen LogP contribution in [0.5, 0.6) is 0 Å². The van der Waals surface area contributed by atoms with Gasteiger partial charge in [0.05, 0.1) is 6.21 Å². The third-order valence-corrected chi connectivity index (χ3v) is 1.71. The Morgan fingerprint density at radius 3 is 2.82 bits per heavy atom. The fourth-order valence-corrected chi connectivity index (χ4v) is 0.966. The van der Waals surface area contributed by atoms with Crippen LogP contribution in [0.25, 0.3) is 0 Å². The van der Waals surface area contributed by atoms with Crippen molar-refractivity contribution in [3.63, 3.8) is 0 Å². The van der Waals surface area contributed by atoms with Gasteiger partial charge in [0.25, 0.3) is 0 Å². The van der Waals surface area contributed by atoms with Crippen molar-refractivity contribution in [2.24, 2.45) is 10.6 Å². The molecule has 0 radical (unpaired) electrons. The van der Waals surface area contributed by atoms with E-state index in [1.807, 2.05) is 6.21 Å². The normalized spacial score (nSPS) is 18.6. The van der Waals surface area contributed by atoms with E-state index in [0.717, 1.165) is 6.42 Å². The van der Waals surface area contributed by atoms with Crippen LogP contribution < -0.4 is 0 Å². The van der Waals surface area contributed by atoms with E-state index in [0.29, 0.717) is 6.61 Å². The third kappa shape index (κ3) is 2.37. The molecule has 0 aromatic carbocycles. The molecular formula is C9H15NO. The average Bonchev–Trinajstić information content (AvgIpc) is 2.10. The van der Waals surface area contributed by atoms with Gasteiger partial charge in [-0.15, -0.1) is 0 Å². The van der Waals surface area contributed by atoms with Crippen LogP contribution in [0.3, 0.4) is 0 Å². The maximum atomic E-state index is 4.94. The van der Waals surface area contributed by atoms with Gasteiger partial charge in [0.1, 0.15) is 6.61 Å². The summed E-state index contributed by atoms with van der Waals surface area (Å²) in [7, 11) is 0. The Labute approximate surface area is 67.9 Å². The predicted molar refractivity (Wildman–Crippen MR) is 46.6 cm³/mol. The molecule has 0 unspecified atom stereocenters. The minimum absolute atomic E-state index is 0.192. The highest BCUT2D eigenvalue weighted by atomic mass is 16.6. The summed E-state index contributed by atoms with van der Waals surface area (Å²) in [5, 5.41) is 3.83. The lowest BCUT2D eigenvalue weighted by Crippen LogP contribution is -2.09. The summed E-state index contributed by atoms with van der Waals surface area (Å²) in [5.74, 6) is 0. The molecule has 2 heteroatoms. The van der Waals surface area contributed by atoms with Crippen LogP contribution in [0.2, 0.25) is 0 Å². The Bertz CT molecular complexity index is 186. The molecule has 0 N–H and O–H groups in total. The molecule has 0 amide bonds. The second-order valence-corrected chi connectivity index (χ2v) is 3.77. The molecule has 0 aromatic rings. The molecule has 0 atom stereocenters. The van der Waals surface area contributed by atoms with Gasteiger partial charge in [-0.05, 0) is 11.0 Å². The van der Waals surface area contributed by atoms with Crippen LogP contribution in [0.15, 0.2) is 16.8 Å². The number of nitrogens with zero attached hydrogens (tertiary/aromatic N) is 1. The molecule has 0 fully saturated rings. The summed E-state index contributed by atoms with van der Waals surface area (Å²) in [6.45, 7) is 7.23. The van der Waals surface area contributed by atoms with Crippen molar-refractivity contribution in [2.75, 3.05) is 6.61 Å².